The zero-order chi connectivity index (χ0) is 20.2. The Morgan fingerprint density at radius 1 is 1.00 bits per heavy atom. The number of piperazine rings is 1. The van der Waals surface area contributed by atoms with E-state index >= 15 is 0 Å². The lowest BCUT2D eigenvalue weighted by Crippen LogP contribution is -2.47. The Balaban J connectivity index is 1.27. The van der Waals surface area contributed by atoms with E-state index in [1.807, 2.05) is 28.8 Å². The first-order chi connectivity index (χ1) is 14.2. The molecule has 29 heavy (non-hydrogen) atoms. The van der Waals surface area contributed by atoms with Gasteiger partial charge in [-0.3, -0.25) is 9.69 Å². The van der Waals surface area contributed by atoms with Crippen LogP contribution >= 0.6 is 0 Å². The number of fused-ring (bicyclic) bond motifs is 1. The SMILES string of the molecule is COC1CCN(CCCN2CCN(c3ccccc3)CC2)C(=O)c2ccn(C)c21. The zero-order valence-electron chi connectivity index (χ0n) is 17.6. The van der Waals surface area contributed by atoms with E-state index in [4.69, 9.17) is 4.74 Å². The van der Waals surface area contributed by atoms with Gasteiger partial charge in [0.05, 0.1) is 17.4 Å². The number of carbonyl (C=O) groups is 1. The van der Waals surface area contributed by atoms with E-state index in [2.05, 4.69) is 40.1 Å². The number of para-hydroxylation sites is 1. The van der Waals surface area contributed by atoms with E-state index in [0.717, 1.165) is 69.9 Å². The van der Waals surface area contributed by atoms with Crippen LogP contribution in [0, 0.1) is 0 Å². The van der Waals surface area contributed by atoms with Gasteiger partial charge in [0.25, 0.3) is 5.91 Å². The number of aromatic nitrogens is 1. The molecular formula is C23H32N4O2. The normalized spacial score (nSPS) is 20.6. The molecule has 6 nitrogen and oxygen atoms in total. The highest BCUT2D eigenvalue weighted by molar-refractivity contribution is 5.96. The minimum absolute atomic E-state index is 0.00925. The Bertz CT molecular complexity index is 812. The van der Waals surface area contributed by atoms with Gasteiger partial charge in [0.15, 0.2) is 0 Å². The summed E-state index contributed by atoms with van der Waals surface area (Å²) in [6.07, 6.45) is 3.81. The molecule has 0 radical (unpaired) electrons. The molecule has 0 saturated carbocycles. The maximum atomic E-state index is 13.0. The third kappa shape index (κ3) is 4.33. The summed E-state index contributed by atoms with van der Waals surface area (Å²) in [5.74, 6) is 0.147. The summed E-state index contributed by atoms with van der Waals surface area (Å²) in [6, 6.07) is 12.6. The van der Waals surface area contributed by atoms with Crippen molar-refractivity contribution in [3.8, 4) is 0 Å². The van der Waals surface area contributed by atoms with Crippen molar-refractivity contribution < 1.29 is 9.53 Å². The summed E-state index contributed by atoms with van der Waals surface area (Å²) in [5, 5.41) is 0. The predicted octanol–water partition coefficient (Wildman–Crippen LogP) is 2.77. The standard InChI is InChI=1S/C23H32N4O2/c1-24-13-9-20-22(24)21(29-2)10-14-27(23(20)28)12-6-11-25-15-17-26(18-16-25)19-7-4-3-5-8-19/h3-5,7-9,13,21H,6,10-12,14-18H2,1-2H3. The van der Waals surface area contributed by atoms with E-state index in [1.54, 1.807) is 7.11 Å². The summed E-state index contributed by atoms with van der Waals surface area (Å²) in [4.78, 5) is 20.0. The quantitative estimate of drug-likeness (QED) is 0.753. The number of carbonyl (C=O) groups excluding carboxylic acids is 1. The van der Waals surface area contributed by atoms with Crippen LogP contribution in [0.3, 0.4) is 0 Å². The summed E-state index contributed by atoms with van der Waals surface area (Å²) < 4.78 is 7.69. The van der Waals surface area contributed by atoms with Crippen molar-refractivity contribution in [3.63, 3.8) is 0 Å². The van der Waals surface area contributed by atoms with Crippen molar-refractivity contribution in [2.45, 2.75) is 18.9 Å². The fourth-order valence-electron chi connectivity index (χ4n) is 4.60. The maximum Gasteiger partial charge on any atom is 0.255 e. The molecule has 4 rings (SSSR count). The van der Waals surface area contributed by atoms with Crippen LogP contribution in [0.4, 0.5) is 5.69 Å². The lowest BCUT2D eigenvalue weighted by molar-refractivity contribution is 0.0689. The van der Waals surface area contributed by atoms with Gasteiger partial charge < -0.3 is 19.1 Å². The molecule has 0 N–H and O–H groups in total. The van der Waals surface area contributed by atoms with Gasteiger partial charge in [-0.25, -0.2) is 0 Å². The van der Waals surface area contributed by atoms with Gasteiger partial charge in [-0.2, -0.15) is 0 Å². The van der Waals surface area contributed by atoms with Crippen LogP contribution < -0.4 is 4.90 Å². The van der Waals surface area contributed by atoms with Gasteiger partial charge in [0, 0.05) is 65.3 Å². The molecule has 0 bridgehead atoms. The van der Waals surface area contributed by atoms with E-state index in [-0.39, 0.29) is 12.0 Å². The first-order valence-corrected chi connectivity index (χ1v) is 10.7. The van der Waals surface area contributed by atoms with Crippen LogP contribution in [0.25, 0.3) is 0 Å². The Morgan fingerprint density at radius 2 is 1.76 bits per heavy atom. The smallest absolute Gasteiger partial charge is 0.255 e. The largest absolute Gasteiger partial charge is 0.375 e. The maximum absolute atomic E-state index is 13.0. The first-order valence-electron chi connectivity index (χ1n) is 10.7. The third-order valence-corrected chi connectivity index (χ3v) is 6.29. The molecule has 1 amide bonds. The summed E-state index contributed by atoms with van der Waals surface area (Å²) in [7, 11) is 3.72. The van der Waals surface area contributed by atoms with Crippen molar-refractivity contribution in [2.75, 3.05) is 57.8 Å². The second-order valence-electron chi connectivity index (χ2n) is 8.05. The van der Waals surface area contributed by atoms with Gasteiger partial charge >= 0.3 is 0 Å². The van der Waals surface area contributed by atoms with Gasteiger partial charge in [0.2, 0.25) is 0 Å². The minimum Gasteiger partial charge on any atom is -0.375 e. The summed E-state index contributed by atoms with van der Waals surface area (Å²) in [5.41, 5.74) is 3.12. The fourth-order valence-corrected chi connectivity index (χ4v) is 4.60. The fraction of sp³-hybridized carbons (Fsp3) is 0.522. The molecule has 156 valence electrons. The Morgan fingerprint density at radius 3 is 2.48 bits per heavy atom. The number of aryl methyl sites for hydroxylation is 1. The molecular weight excluding hydrogens is 364 g/mol. The number of ether oxygens (including phenoxy) is 1. The second kappa shape index (κ2) is 9.01. The van der Waals surface area contributed by atoms with Gasteiger partial charge in [-0.05, 0) is 37.6 Å². The zero-order valence-corrected chi connectivity index (χ0v) is 17.6. The average Bonchev–Trinajstić information content (AvgIpc) is 3.08. The van der Waals surface area contributed by atoms with Gasteiger partial charge in [-0.15, -0.1) is 0 Å². The van der Waals surface area contributed by atoms with Crippen molar-refractivity contribution in [1.29, 1.82) is 0 Å². The summed E-state index contributed by atoms with van der Waals surface area (Å²) in [6.45, 7) is 6.90. The average molecular weight is 397 g/mol. The number of benzene rings is 1. The van der Waals surface area contributed by atoms with Crippen LogP contribution in [0.1, 0.15) is 35.0 Å². The van der Waals surface area contributed by atoms with Crippen molar-refractivity contribution in [1.82, 2.24) is 14.4 Å². The number of methoxy groups -OCH3 is 1. The third-order valence-electron chi connectivity index (χ3n) is 6.29. The molecule has 3 heterocycles. The molecule has 6 heteroatoms. The monoisotopic (exact) mass is 396 g/mol. The van der Waals surface area contributed by atoms with Gasteiger partial charge in [-0.1, -0.05) is 18.2 Å². The second-order valence-corrected chi connectivity index (χ2v) is 8.05. The van der Waals surface area contributed by atoms with E-state index in [0.29, 0.717) is 0 Å². The molecule has 1 saturated heterocycles. The Labute approximate surface area is 173 Å². The molecule has 1 atom stereocenters. The van der Waals surface area contributed by atoms with E-state index in [1.165, 1.54) is 5.69 Å². The highest BCUT2D eigenvalue weighted by atomic mass is 16.5. The molecule has 1 unspecified atom stereocenters. The Hall–Kier alpha value is -2.31. The van der Waals surface area contributed by atoms with Crippen LogP contribution in [0.5, 0.6) is 0 Å². The molecule has 1 fully saturated rings. The lowest BCUT2D eigenvalue weighted by Gasteiger charge is -2.36. The number of rotatable bonds is 6. The molecule has 1 aromatic carbocycles. The van der Waals surface area contributed by atoms with E-state index in [9.17, 15) is 4.79 Å². The molecule has 2 aliphatic heterocycles. The van der Waals surface area contributed by atoms with Crippen LogP contribution in [0.15, 0.2) is 42.6 Å². The van der Waals surface area contributed by atoms with Gasteiger partial charge in [0.1, 0.15) is 0 Å². The minimum atomic E-state index is -0.00925. The predicted molar refractivity (Wildman–Crippen MR) is 115 cm³/mol. The first kappa shape index (κ1) is 20.0. The van der Waals surface area contributed by atoms with Crippen molar-refractivity contribution in [3.05, 3.63) is 53.9 Å². The number of hydrogen-bond donors (Lipinski definition) is 0. The summed E-state index contributed by atoms with van der Waals surface area (Å²) >= 11 is 0. The molecule has 2 aliphatic rings. The molecule has 2 aromatic rings. The van der Waals surface area contributed by atoms with Crippen molar-refractivity contribution >= 4 is 11.6 Å². The lowest BCUT2D eigenvalue weighted by atomic mass is 10.1. The van der Waals surface area contributed by atoms with Crippen LogP contribution in [0.2, 0.25) is 0 Å². The Kier molecular flexibility index (Phi) is 6.21. The highest BCUT2D eigenvalue weighted by Gasteiger charge is 2.30. The number of nitrogens with zero attached hydrogens (tertiary/aromatic N) is 4. The van der Waals surface area contributed by atoms with Crippen LogP contribution in [-0.4, -0.2) is 73.2 Å². The van der Waals surface area contributed by atoms with Crippen LogP contribution in [-0.2, 0) is 11.8 Å². The highest BCUT2D eigenvalue weighted by Crippen LogP contribution is 2.29. The van der Waals surface area contributed by atoms with Crippen molar-refractivity contribution in [2.24, 2.45) is 7.05 Å². The number of amides is 1. The number of hydrogen-bond acceptors (Lipinski definition) is 4. The van der Waals surface area contributed by atoms with E-state index < -0.39 is 0 Å². The molecule has 0 aliphatic carbocycles. The number of anilines is 1. The molecule has 1 aromatic heterocycles. The molecule has 0 spiro atoms. The topological polar surface area (TPSA) is 41.0 Å².